The Morgan fingerprint density at radius 1 is 1.11 bits per heavy atom. The molecule has 1 N–H and O–H groups in total. The first kappa shape index (κ1) is 19.7. The summed E-state index contributed by atoms with van der Waals surface area (Å²) in [7, 11) is -3.54. The number of sulfonamides is 1. The minimum atomic E-state index is -3.54. The molecule has 1 aliphatic heterocycles. The number of carbonyl (C=O) groups excluding carboxylic acids is 1. The summed E-state index contributed by atoms with van der Waals surface area (Å²) in [5.41, 5.74) is 3.08. The summed E-state index contributed by atoms with van der Waals surface area (Å²) >= 11 is 5.84. The molecule has 27 heavy (non-hydrogen) atoms. The van der Waals surface area contributed by atoms with Crippen LogP contribution in [-0.2, 0) is 27.0 Å². The lowest BCUT2D eigenvalue weighted by Crippen LogP contribution is -2.35. The molecule has 0 bridgehead atoms. The molecule has 0 aliphatic carbocycles. The second-order valence-electron chi connectivity index (χ2n) is 6.73. The van der Waals surface area contributed by atoms with Crippen molar-refractivity contribution in [3.05, 3.63) is 58.6 Å². The Balaban J connectivity index is 1.76. The van der Waals surface area contributed by atoms with Crippen molar-refractivity contribution in [1.82, 2.24) is 0 Å². The summed E-state index contributed by atoms with van der Waals surface area (Å²) in [5, 5.41) is 0.570. The fourth-order valence-corrected chi connectivity index (χ4v) is 4.52. The number of hydrogen-bond acceptors (Lipinski definition) is 3. The Bertz CT molecular complexity index is 927. The zero-order valence-electron chi connectivity index (χ0n) is 15.2. The van der Waals surface area contributed by atoms with Gasteiger partial charge < -0.3 is 4.90 Å². The Morgan fingerprint density at radius 2 is 1.85 bits per heavy atom. The van der Waals surface area contributed by atoms with Gasteiger partial charge in [0.2, 0.25) is 15.9 Å². The van der Waals surface area contributed by atoms with Crippen molar-refractivity contribution in [1.29, 1.82) is 0 Å². The zero-order valence-corrected chi connectivity index (χ0v) is 16.8. The van der Waals surface area contributed by atoms with Crippen LogP contribution in [0.1, 0.15) is 37.3 Å². The second kappa shape index (κ2) is 8.31. The minimum absolute atomic E-state index is 0.123. The van der Waals surface area contributed by atoms with Crippen molar-refractivity contribution in [2.24, 2.45) is 0 Å². The van der Waals surface area contributed by atoms with E-state index in [0.717, 1.165) is 24.1 Å². The number of hydrogen-bond donors (Lipinski definition) is 1. The van der Waals surface area contributed by atoms with E-state index < -0.39 is 10.0 Å². The van der Waals surface area contributed by atoms with Crippen LogP contribution >= 0.6 is 11.6 Å². The number of amides is 1. The molecule has 0 spiro atoms. The maximum Gasteiger partial charge on any atom is 0.236 e. The lowest BCUT2D eigenvalue weighted by atomic mass is 10.00. The Hall–Kier alpha value is -2.05. The number of halogens is 1. The number of nitrogens with zero attached hydrogens (tertiary/aromatic N) is 1. The Kier molecular flexibility index (Phi) is 6.07. The molecular weight excluding hydrogens is 384 g/mol. The van der Waals surface area contributed by atoms with Gasteiger partial charge in [0.1, 0.15) is 0 Å². The maximum absolute atomic E-state index is 12.5. The van der Waals surface area contributed by atoms with Gasteiger partial charge in [0.15, 0.2) is 0 Å². The van der Waals surface area contributed by atoms with Gasteiger partial charge in [-0.05, 0) is 54.3 Å². The first-order valence-electron chi connectivity index (χ1n) is 9.06. The zero-order chi connectivity index (χ0) is 19.4. The number of aryl methyl sites for hydroxylation is 1. The minimum Gasteiger partial charge on any atom is -0.312 e. The predicted molar refractivity (Wildman–Crippen MR) is 110 cm³/mol. The van der Waals surface area contributed by atoms with Crippen molar-refractivity contribution < 1.29 is 13.2 Å². The molecule has 0 radical (unpaired) electrons. The topological polar surface area (TPSA) is 66.5 Å². The number of unbranched alkanes of at least 4 members (excludes halogenated alkanes) is 1. The summed E-state index contributed by atoms with van der Waals surface area (Å²) in [4.78, 5) is 14.0. The van der Waals surface area contributed by atoms with Gasteiger partial charge in [-0.1, -0.05) is 37.1 Å². The fraction of sp³-hybridized carbons (Fsp3) is 0.350. The number of rotatable bonds is 7. The van der Waals surface area contributed by atoms with Crippen LogP contribution in [0, 0.1) is 0 Å². The molecular formula is C20H23ClN2O3S. The first-order chi connectivity index (χ1) is 12.9. The van der Waals surface area contributed by atoms with Crippen LogP contribution in [0.25, 0.3) is 0 Å². The summed E-state index contributed by atoms with van der Waals surface area (Å²) < 4.78 is 27.6. The highest BCUT2D eigenvalue weighted by atomic mass is 35.5. The monoisotopic (exact) mass is 406 g/mol. The summed E-state index contributed by atoms with van der Waals surface area (Å²) in [6, 6.07) is 12.1. The van der Waals surface area contributed by atoms with E-state index in [1.807, 2.05) is 17.0 Å². The smallest absolute Gasteiger partial charge is 0.236 e. The number of fused-ring (bicyclic) bond motifs is 1. The van der Waals surface area contributed by atoms with Crippen molar-refractivity contribution >= 4 is 38.9 Å². The molecule has 0 atom stereocenters. The van der Waals surface area contributed by atoms with Gasteiger partial charge in [-0.15, -0.1) is 0 Å². The van der Waals surface area contributed by atoms with Gasteiger partial charge in [-0.25, -0.2) is 8.42 Å². The molecule has 3 rings (SSSR count). The average Bonchev–Trinajstić information content (AvgIpc) is 2.62. The van der Waals surface area contributed by atoms with Gasteiger partial charge in [-0.2, -0.15) is 0 Å². The largest absolute Gasteiger partial charge is 0.312 e. The van der Waals surface area contributed by atoms with E-state index in [0.29, 0.717) is 35.7 Å². The van der Waals surface area contributed by atoms with Crippen molar-refractivity contribution in [3.63, 3.8) is 0 Å². The molecule has 2 aromatic rings. The lowest BCUT2D eigenvalue weighted by molar-refractivity contribution is -0.118. The molecule has 0 unspecified atom stereocenters. The highest BCUT2D eigenvalue weighted by molar-refractivity contribution is 7.91. The molecule has 1 amide bonds. The number of anilines is 2. The molecule has 0 saturated carbocycles. The quantitative estimate of drug-likeness (QED) is 0.742. The Labute approximate surface area is 165 Å². The lowest BCUT2D eigenvalue weighted by Gasteiger charge is -2.29. The van der Waals surface area contributed by atoms with Gasteiger partial charge in [0.25, 0.3) is 0 Å². The predicted octanol–water partition coefficient (Wildman–Crippen LogP) is 4.36. The van der Waals surface area contributed by atoms with E-state index in [9.17, 15) is 13.2 Å². The highest BCUT2D eigenvalue weighted by Gasteiger charge is 2.24. The molecule has 0 saturated heterocycles. The van der Waals surface area contributed by atoms with E-state index in [1.54, 1.807) is 30.3 Å². The van der Waals surface area contributed by atoms with E-state index >= 15 is 0 Å². The molecule has 7 heteroatoms. The van der Waals surface area contributed by atoms with Gasteiger partial charge in [-0.3, -0.25) is 9.52 Å². The van der Waals surface area contributed by atoms with E-state index in [4.69, 9.17) is 11.6 Å². The molecule has 2 aromatic carbocycles. The number of carbonyl (C=O) groups is 1. The molecule has 0 aromatic heterocycles. The fourth-order valence-electron chi connectivity index (χ4n) is 3.20. The van der Waals surface area contributed by atoms with Gasteiger partial charge in [0, 0.05) is 29.4 Å². The average molecular weight is 407 g/mol. The summed E-state index contributed by atoms with van der Waals surface area (Å²) in [6.07, 6.45) is 3.05. The standard InChI is InChI=1S/C20H23ClN2O3S/c1-2-3-12-23-19-10-9-18(13-16(19)6-11-20(23)24)22-27(25,26)14-15-4-7-17(21)8-5-15/h4-5,7-10,13,22H,2-3,6,11-12,14H2,1H3. The molecule has 1 heterocycles. The first-order valence-corrected chi connectivity index (χ1v) is 11.1. The normalized spacial score (nSPS) is 14.1. The van der Waals surface area contributed by atoms with Crippen LogP contribution < -0.4 is 9.62 Å². The van der Waals surface area contributed by atoms with Crippen LogP contribution in [0.3, 0.4) is 0 Å². The van der Waals surface area contributed by atoms with Gasteiger partial charge in [0.05, 0.1) is 5.75 Å². The number of nitrogens with one attached hydrogen (secondary N) is 1. The third-order valence-electron chi connectivity index (χ3n) is 4.56. The number of benzene rings is 2. The van der Waals surface area contributed by atoms with E-state index in [-0.39, 0.29) is 11.7 Å². The van der Waals surface area contributed by atoms with Crippen LogP contribution in [0.2, 0.25) is 5.02 Å². The Morgan fingerprint density at radius 3 is 2.56 bits per heavy atom. The van der Waals surface area contributed by atoms with Gasteiger partial charge >= 0.3 is 0 Å². The molecule has 1 aliphatic rings. The van der Waals surface area contributed by atoms with Crippen molar-refractivity contribution in [3.8, 4) is 0 Å². The van der Waals surface area contributed by atoms with Crippen molar-refractivity contribution in [2.45, 2.75) is 38.4 Å². The molecule has 0 fully saturated rings. The van der Waals surface area contributed by atoms with E-state index in [1.165, 1.54) is 0 Å². The van der Waals surface area contributed by atoms with Crippen LogP contribution in [0.4, 0.5) is 11.4 Å². The third kappa shape index (κ3) is 5.02. The van der Waals surface area contributed by atoms with Crippen LogP contribution in [0.5, 0.6) is 0 Å². The maximum atomic E-state index is 12.5. The highest BCUT2D eigenvalue weighted by Crippen LogP contribution is 2.31. The molecule has 144 valence electrons. The summed E-state index contributed by atoms with van der Waals surface area (Å²) in [6.45, 7) is 2.79. The SMILES string of the molecule is CCCCN1C(=O)CCc2cc(NS(=O)(=O)Cc3ccc(Cl)cc3)ccc21. The van der Waals surface area contributed by atoms with Crippen LogP contribution in [-0.4, -0.2) is 20.9 Å². The second-order valence-corrected chi connectivity index (χ2v) is 8.89. The molecule has 5 nitrogen and oxygen atoms in total. The third-order valence-corrected chi connectivity index (χ3v) is 6.07. The van der Waals surface area contributed by atoms with Crippen molar-refractivity contribution in [2.75, 3.05) is 16.2 Å². The van der Waals surface area contributed by atoms with E-state index in [2.05, 4.69) is 11.6 Å². The summed E-state index contributed by atoms with van der Waals surface area (Å²) in [5.74, 6) is 0.00884. The van der Waals surface area contributed by atoms with Crippen LogP contribution in [0.15, 0.2) is 42.5 Å².